The van der Waals surface area contributed by atoms with Gasteiger partial charge in [0.05, 0.1) is 26.7 Å². The van der Waals surface area contributed by atoms with Gasteiger partial charge in [-0.25, -0.2) is 4.98 Å². The van der Waals surface area contributed by atoms with E-state index in [1.165, 1.54) is 5.56 Å². The maximum atomic E-state index is 5.53. The highest BCUT2D eigenvalue weighted by molar-refractivity contribution is 5.91. The molecule has 4 heteroatoms. The van der Waals surface area contributed by atoms with Crippen molar-refractivity contribution < 1.29 is 14.5 Å². The Balaban J connectivity index is 2.06. The van der Waals surface area contributed by atoms with Gasteiger partial charge in [0.25, 0.3) is 5.82 Å². The molecule has 0 radical (unpaired) electrons. The Morgan fingerprint density at radius 3 is 2.29 bits per heavy atom. The Morgan fingerprint density at radius 1 is 0.958 bits per heavy atom. The SMILES string of the molecule is COc1ccc(OC)c2c(C)cc(N(C)Cc3ccccc3)[nH+]c12. The first kappa shape index (κ1) is 16.1. The van der Waals surface area contributed by atoms with Gasteiger partial charge in [-0.05, 0) is 30.2 Å². The number of aromatic nitrogens is 1. The van der Waals surface area contributed by atoms with Gasteiger partial charge in [0.2, 0.25) is 0 Å². The molecule has 4 nitrogen and oxygen atoms in total. The number of nitrogens with one attached hydrogen (secondary N) is 1. The van der Waals surface area contributed by atoms with E-state index in [0.29, 0.717) is 0 Å². The Bertz CT molecular complexity index is 847. The summed E-state index contributed by atoms with van der Waals surface area (Å²) in [7, 11) is 5.46. The third-order valence-corrected chi connectivity index (χ3v) is 4.24. The molecule has 1 heterocycles. The number of pyridine rings is 1. The van der Waals surface area contributed by atoms with Gasteiger partial charge in [0.15, 0.2) is 11.3 Å². The second kappa shape index (κ2) is 6.79. The van der Waals surface area contributed by atoms with Crippen LogP contribution in [0.25, 0.3) is 10.9 Å². The quantitative estimate of drug-likeness (QED) is 0.719. The van der Waals surface area contributed by atoms with E-state index in [1.807, 2.05) is 18.2 Å². The van der Waals surface area contributed by atoms with E-state index in [2.05, 4.69) is 54.2 Å². The van der Waals surface area contributed by atoms with Crippen LogP contribution < -0.4 is 19.4 Å². The molecule has 3 aromatic rings. The second-order valence-electron chi connectivity index (χ2n) is 5.90. The largest absolute Gasteiger partial charge is 0.496 e. The van der Waals surface area contributed by atoms with Crippen molar-refractivity contribution in [3.8, 4) is 11.5 Å². The fourth-order valence-corrected chi connectivity index (χ4v) is 3.01. The highest BCUT2D eigenvalue weighted by Gasteiger charge is 2.19. The predicted molar refractivity (Wildman–Crippen MR) is 96.9 cm³/mol. The number of rotatable bonds is 5. The molecule has 0 unspecified atom stereocenters. The number of anilines is 1. The lowest BCUT2D eigenvalue weighted by atomic mass is 10.1. The standard InChI is InChI=1S/C20H22N2O2/c1-14-12-18(22(2)13-15-8-6-5-7-9-15)21-20-17(24-4)11-10-16(23-3)19(14)20/h5-12H,13H2,1-4H3/p+1. The van der Waals surface area contributed by atoms with E-state index >= 15 is 0 Å². The van der Waals surface area contributed by atoms with Crippen molar-refractivity contribution in [2.24, 2.45) is 0 Å². The van der Waals surface area contributed by atoms with Crippen LogP contribution in [0, 0.1) is 6.92 Å². The molecular weight excluding hydrogens is 300 g/mol. The summed E-state index contributed by atoms with van der Waals surface area (Å²) < 4.78 is 11.0. The number of hydrogen-bond donors (Lipinski definition) is 0. The molecule has 0 saturated heterocycles. The summed E-state index contributed by atoms with van der Waals surface area (Å²) in [5.41, 5.74) is 3.37. The molecule has 0 aliphatic heterocycles. The highest BCUT2D eigenvalue weighted by Crippen LogP contribution is 2.33. The molecule has 24 heavy (non-hydrogen) atoms. The average Bonchev–Trinajstić information content (AvgIpc) is 2.61. The fourth-order valence-electron chi connectivity index (χ4n) is 3.01. The van der Waals surface area contributed by atoms with Crippen molar-refractivity contribution >= 4 is 16.7 Å². The fraction of sp³-hybridized carbons (Fsp3) is 0.250. The van der Waals surface area contributed by atoms with Gasteiger partial charge < -0.3 is 9.47 Å². The maximum absolute atomic E-state index is 5.53. The molecule has 0 bridgehead atoms. The molecule has 1 aromatic heterocycles. The minimum atomic E-state index is 0.809. The minimum Gasteiger partial charge on any atom is -0.496 e. The number of benzene rings is 2. The number of aromatic amines is 1. The smallest absolute Gasteiger partial charge is 0.275 e. The van der Waals surface area contributed by atoms with Crippen LogP contribution in [0.5, 0.6) is 11.5 Å². The summed E-state index contributed by atoms with van der Waals surface area (Å²) in [6.45, 7) is 2.92. The molecule has 0 atom stereocenters. The molecule has 0 fully saturated rings. The normalized spacial score (nSPS) is 10.7. The monoisotopic (exact) mass is 323 g/mol. The zero-order chi connectivity index (χ0) is 17.1. The van der Waals surface area contributed by atoms with Crippen LogP contribution in [-0.2, 0) is 6.54 Å². The second-order valence-corrected chi connectivity index (χ2v) is 5.90. The molecule has 3 rings (SSSR count). The highest BCUT2D eigenvalue weighted by atomic mass is 16.5. The summed E-state index contributed by atoms with van der Waals surface area (Å²) in [6, 6.07) is 16.4. The Kier molecular flexibility index (Phi) is 4.56. The van der Waals surface area contributed by atoms with Crippen LogP contribution in [0.1, 0.15) is 11.1 Å². The number of methoxy groups -OCH3 is 2. The van der Waals surface area contributed by atoms with Crippen molar-refractivity contribution in [2.75, 3.05) is 26.2 Å². The van der Waals surface area contributed by atoms with Crippen LogP contribution in [0.3, 0.4) is 0 Å². The molecule has 0 saturated carbocycles. The third-order valence-electron chi connectivity index (χ3n) is 4.24. The lowest BCUT2D eigenvalue weighted by Gasteiger charge is -2.15. The van der Waals surface area contributed by atoms with E-state index in [-0.39, 0.29) is 0 Å². The van der Waals surface area contributed by atoms with Crippen LogP contribution in [0.15, 0.2) is 48.5 Å². The number of fused-ring (bicyclic) bond motifs is 1. The lowest BCUT2D eigenvalue weighted by Crippen LogP contribution is -2.25. The molecule has 2 aromatic carbocycles. The molecule has 0 aliphatic carbocycles. The van der Waals surface area contributed by atoms with Gasteiger partial charge in [0.1, 0.15) is 12.3 Å². The molecule has 0 amide bonds. The summed E-state index contributed by atoms with van der Waals surface area (Å²) >= 11 is 0. The van der Waals surface area contributed by atoms with E-state index in [4.69, 9.17) is 9.47 Å². The molecule has 124 valence electrons. The molecular formula is C20H23N2O2+. The molecule has 1 N–H and O–H groups in total. The first-order chi connectivity index (χ1) is 11.6. The zero-order valence-electron chi connectivity index (χ0n) is 14.6. The van der Waals surface area contributed by atoms with Gasteiger partial charge in [-0.2, -0.15) is 0 Å². The summed E-state index contributed by atoms with van der Waals surface area (Å²) in [5.74, 6) is 2.69. The van der Waals surface area contributed by atoms with Gasteiger partial charge in [-0.1, -0.05) is 30.3 Å². The van der Waals surface area contributed by atoms with E-state index in [0.717, 1.165) is 40.3 Å². The zero-order valence-corrected chi connectivity index (χ0v) is 14.6. The van der Waals surface area contributed by atoms with Crippen molar-refractivity contribution in [3.05, 3.63) is 59.7 Å². The third kappa shape index (κ3) is 3.00. The molecule has 0 aliphatic rings. The lowest BCUT2D eigenvalue weighted by molar-refractivity contribution is -0.331. The van der Waals surface area contributed by atoms with Gasteiger partial charge in [-0.15, -0.1) is 0 Å². The van der Waals surface area contributed by atoms with Gasteiger partial charge in [0, 0.05) is 6.07 Å². The van der Waals surface area contributed by atoms with E-state index in [1.54, 1.807) is 14.2 Å². The van der Waals surface area contributed by atoms with Crippen LogP contribution >= 0.6 is 0 Å². The van der Waals surface area contributed by atoms with E-state index < -0.39 is 0 Å². The molecule has 0 spiro atoms. The Hall–Kier alpha value is -2.75. The first-order valence-corrected chi connectivity index (χ1v) is 7.96. The number of aryl methyl sites for hydroxylation is 1. The summed E-state index contributed by atoms with van der Waals surface area (Å²) in [5, 5.41) is 1.05. The predicted octanol–water partition coefficient (Wildman–Crippen LogP) is 3.62. The van der Waals surface area contributed by atoms with Crippen molar-refractivity contribution in [3.63, 3.8) is 0 Å². The van der Waals surface area contributed by atoms with Crippen molar-refractivity contribution in [1.82, 2.24) is 0 Å². The van der Waals surface area contributed by atoms with Crippen LogP contribution in [-0.4, -0.2) is 21.3 Å². The van der Waals surface area contributed by atoms with Crippen LogP contribution in [0.4, 0.5) is 5.82 Å². The number of H-pyrrole nitrogens is 1. The summed E-state index contributed by atoms with van der Waals surface area (Å²) in [6.07, 6.45) is 0. The van der Waals surface area contributed by atoms with Gasteiger partial charge >= 0.3 is 0 Å². The minimum absolute atomic E-state index is 0.809. The topological polar surface area (TPSA) is 35.8 Å². The van der Waals surface area contributed by atoms with Gasteiger partial charge in [-0.3, -0.25) is 4.90 Å². The Labute approximate surface area is 142 Å². The van der Waals surface area contributed by atoms with Crippen LogP contribution in [0.2, 0.25) is 0 Å². The maximum Gasteiger partial charge on any atom is 0.275 e. The van der Waals surface area contributed by atoms with Crippen molar-refractivity contribution in [2.45, 2.75) is 13.5 Å². The van der Waals surface area contributed by atoms with Crippen molar-refractivity contribution in [1.29, 1.82) is 0 Å². The van der Waals surface area contributed by atoms with E-state index in [9.17, 15) is 0 Å². The summed E-state index contributed by atoms with van der Waals surface area (Å²) in [4.78, 5) is 5.70. The number of hydrogen-bond acceptors (Lipinski definition) is 3. The number of ether oxygens (including phenoxy) is 2. The average molecular weight is 323 g/mol. The first-order valence-electron chi connectivity index (χ1n) is 7.96. The number of nitrogens with zero attached hydrogens (tertiary/aromatic N) is 1. The Morgan fingerprint density at radius 2 is 1.62 bits per heavy atom.